The van der Waals surface area contributed by atoms with E-state index in [1.807, 2.05) is 10.8 Å². The minimum absolute atomic E-state index is 0.0657. The van der Waals surface area contributed by atoms with E-state index in [1.165, 1.54) is 0 Å². The third kappa shape index (κ3) is 5.01. The lowest BCUT2D eigenvalue weighted by Crippen LogP contribution is -2.26. The predicted molar refractivity (Wildman–Crippen MR) is 114 cm³/mol. The van der Waals surface area contributed by atoms with Gasteiger partial charge in [0.05, 0.1) is 31.0 Å². The number of carbonyl (C=O) groups is 1. The van der Waals surface area contributed by atoms with Gasteiger partial charge in [0.15, 0.2) is 0 Å². The molecule has 2 N–H and O–H groups in total. The summed E-state index contributed by atoms with van der Waals surface area (Å²) in [6.07, 6.45) is 6.06. The van der Waals surface area contributed by atoms with Gasteiger partial charge in [-0.3, -0.25) is 0 Å². The Labute approximate surface area is 185 Å². The molecule has 0 spiro atoms. The first-order chi connectivity index (χ1) is 15.0. The molecule has 0 saturated carbocycles. The van der Waals surface area contributed by atoms with Crippen molar-refractivity contribution in [2.24, 2.45) is 5.73 Å². The topological polar surface area (TPSA) is 112 Å². The van der Waals surface area contributed by atoms with Crippen molar-refractivity contribution in [1.29, 1.82) is 5.26 Å². The zero-order valence-electron chi connectivity index (χ0n) is 17.3. The van der Waals surface area contributed by atoms with Gasteiger partial charge >= 0.3 is 5.97 Å². The van der Waals surface area contributed by atoms with Crippen molar-refractivity contribution in [3.8, 4) is 11.8 Å². The second kappa shape index (κ2) is 10.0. The second-order valence-corrected chi connectivity index (χ2v) is 7.24. The normalized spacial score (nSPS) is 16.0. The first-order valence-electron chi connectivity index (χ1n) is 9.79. The van der Waals surface area contributed by atoms with E-state index in [0.29, 0.717) is 22.9 Å². The van der Waals surface area contributed by atoms with Crippen molar-refractivity contribution >= 4 is 17.6 Å². The molecule has 1 atom stereocenters. The fourth-order valence-corrected chi connectivity index (χ4v) is 3.57. The Hall–Kier alpha value is -3.44. The highest BCUT2D eigenvalue weighted by atomic mass is 35.5. The molecule has 0 fully saturated rings. The molecule has 0 bridgehead atoms. The molecular weight excluding hydrogens is 420 g/mol. The quantitative estimate of drug-likeness (QED) is 0.490. The summed E-state index contributed by atoms with van der Waals surface area (Å²) in [6, 6.07) is 7.13. The Morgan fingerprint density at radius 2 is 2.26 bits per heavy atom. The minimum atomic E-state index is -0.819. The zero-order valence-corrected chi connectivity index (χ0v) is 18.1. The number of nitrogens with two attached hydrogens (primary N) is 1. The first kappa shape index (κ1) is 22.2. The summed E-state index contributed by atoms with van der Waals surface area (Å²) in [4.78, 5) is 16.7. The van der Waals surface area contributed by atoms with Crippen LogP contribution >= 0.6 is 11.6 Å². The molecule has 31 heavy (non-hydrogen) atoms. The number of allylic oxidation sites excluding steroid dienone is 2. The van der Waals surface area contributed by atoms with Crippen LogP contribution in [0, 0.1) is 11.3 Å². The SMILES string of the molecule is CCOC(=O)C1=C(C)OC(N)=C(C#N)C1c1cc(Cl)ccc1OCCCn1ccnc1. The van der Waals surface area contributed by atoms with E-state index in [-0.39, 0.29) is 29.4 Å². The molecular formula is C22H23ClN4O4. The molecule has 1 aliphatic heterocycles. The summed E-state index contributed by atoms with van der Waals surface area (Å²) in [5.41, 5.74) is 6.81. The predicted octanol–water partition coefficient (Wildman–Crippen LogP) is 3.65. The Morgan fingerprint density at radius 3 is 2.94 bits per heavy atom. The van der Waals surface area contributed by atoms with E-state index in [4.69, 9.17) is 31.5 Å². The third-order valence-corrected chi connectivity index (χ3v) is 5.00. The van der Waals surface area contributed by atoms with Gasteiger partial charge in [-0.2, -0.15) is 5.26 Å². The molecule has 0 amide bonds. The molecule has 1 aromatic carbocycles. The van der Waals surface area contributed by atoms with Crippen LogP contribution in [-0.2, 0) is 20.8 Å². The zero-order chi connectivity index (χ0) is 22.4. The monoisotopic (exact) mass is 442 g/mol. The largest absolute Gasteiger partial charge is 0.493 e. The maximum atomic E-state index is 12.7. The molecule has 0 aliphatic carbocycles. The number of esters is 1. The molecule has 0 saturated heterocycles. The fraction of sp³-hybridized carbons (Fsp3) is 0.318. The lowest BCUT2D eigenvalue weighted by molar-refractivity contribution is -0.139. The highest BCUT2D eigenvalue weighted by molar-refractivity contribution is 6.30. The summed E-state index contributed by atoms with van der Waals surface area (Å²) < 4.78 is 18.6. The maximum Gasteiger partial charge on any atom is 0.338 e. The number of halogens is 1. The fourth-order valence-electron chi connectivity index (χ4n) is 3.39. The van der Waals surface area contributed by atoms with Crippen LogP contribution in [0.4, 0.5) is 0 Å². The van der Waals surface area contributed by atoms with Crippen molar-refractivity contribution in [2.75, 3.05) is 13.2 Å². The van der Waals surface area contributed by atoms with Gasteiger partial charge in [0.1, 0.15) is 23.2 Å². The summed E-state index contributed by atoms with van der Waals surface area (Å²) in [7, 11) is 0. The van der Waals surface area contributed by atoms with Crippen molar-refractivity contribution in [3.05, 3.63) is 70.3 Å². The number of rotatable bonds is 8. The molecule has 162 valence electrons. The summed E-state index contributed by atoms with van der Waals surface area (Å²) in [5, 5.41) is 10.2. The van der Waals surface area contributed by atoms with Crippen molar-refractivity contribution in [3.63, 3.8) is 0 Å². The van der Waals surface area contributed by atoms with Gasteiger partial charge < -0.3 is 24.5 Å². The molecule has 1 unspecified atom stereocenters. The van der Waals surface area contributed by atoms with E-state index >= 15 is 0 Å². The van der Waals surface area contributed by atoms with Gasteiger partial charge in [0, 0.05) is 29.5 Å². The van der Waals surface area contributed by atoms with Crippen molar-refractivity contribution in [2.45, 2.75) is 32.7 Å². The number of nitrogens with zero attached hydrogens (tertiary/aromatic N) is 3. The lowest BCUT2D eigenvalue weighted by Gasteiger charge is -2.28. The molecule has 9 heteroatoms. The number of nitriles is 1. The average Bonchev–Trinajstić information content (AvgIpc) is 3.25. The van der Waals surface area contributed by atoms with Crippen molar-refractivity contribution in [1.82, 2.24) is 9.55 Å². The molecule has 8 nitrogen and oxygen atoms in total. The Balaban J connectivity index is 1.95. The smallest absolute Gasteiger partial charge is 0.338 e. The van der Waals surface area contributed by atoms with E-state index in [0.717, 1.165) is 13.0 Å². The summed E-state index contributed by atoms with van der Waals surface area (Å²) >= 11 is 6.26. The number of benzene rings is 1. The minimum Gasteiger partial charge on any atom is -0.493 e. The van der Waals surface area contributed by atoms with Crippen LogP contribution in [0.1, 0.15) is 31.7 Å². The molecule has 3 rings (SSSR count). The lowest BCUT2D eigenvalue weighted by atomic mass is 9.82. The number of hydrogen-bond acceptors (Lipinski definition) is 7. The Kier molecular flexibility index (Phi) is 7.21. The van der Waals surface area contributed by atoms with Crippen molar-refractivity contribution < 1.29 is 19.0 Å². The van der Waals surface area contributed by atoms with Crippen LogP contribution in [0.5, 0.6) is 5.75 Å². The highest BCUT2D eigenvalue weighted by Crippen LogP contribution is 2.43. The maximum absolute atomic E-state index is 12.7. The number of hydrogen-bond donors (Lipinski definition) is 1. The molecule has 2 heterocycles. The first-order valence-corrected chi connectivity index (χ1v) is 10.2. The summed E-state index contributed by atoms with van der Waals surface area (Å²) in [5.74, 6) is -0.705. The van der Waals surface area contributed by atoms with Gasteiger partial charge in [-0.05, 0) is 38.5 Å². The van der Waals surface area contributed by atoms with Crippen LogP contribution < -0.4 is 10.5 Å². The average molecular weight is 443 g/mol. The standard InChI is InChI=1S/C22H23ClN4O4/c1-3-29-22(28)19-14(2)31-21(25)17(12-24)20(19)16-11-15(23)5-6-18(16)30-10-4-8-27-9-7-26-13-27/h5-7,9,11,13,20H,3-4,8,10,25H2,1-2H3. The highest BCUT2D eigenvalue weighted by Gasteiger charge is 2.38. The van der Waals surface area contributed by atoms with E-state index < -0.39 is 11.9 Å². The van der Waals surface area contributed by atoms with Crippen LogP contribution in [-0.4, -0.2) is 28.7 Å². The molecule has 0 radical (unpaired) electrons. The molecule has 2 aromatic rings. The van der Waals surface area contributed by atoms with Gasteiger partial charge in [-0.15, -0.1) is 0 Å². The number of imidazole rings is 1. The van der Waals surface area contributed by atoms with E-state index in [2.05, 4.69) is 11.1 Å². The number of ether oxygens (including phenoxy) is 3. The Morgan fingerprint density at radius 1 is 1.45 bits per heavy atom. The van der Waals surface area contributed by atoms with Gasteiger partial charge in [-0.1, -0.05) is 11.6 Å². The molecule has 1 aromatic heterocycles. The summed E-state index contributed by atoms with van der Waals surface area (Å²) in [6.45, 7) is 4.64. The second-order valence-electron chi connectivity index (χ2n) is 6.80. The van der Waals surface area contributed by atoms with E-state index in [9.17, 15) is 10.1 Å². The number of aromatic nitrogens is 2. The molecule has 1 aliphatic rings. The van der Waals surface area contributed by atoms with Gasteiger partial charge in [-0.25, -0.2) is 9.78 Å². The van der Waals surface area contributed by atoms with Crippen LogP contribution in [0.2, 0.25) is 5.02 Å². The third-order valence-electron chi connectivity index (χ3n) is 4.76. The van der Waals surface area contributed by atoms with E-state index in [1.54, 1.807) is 44.6 Å². The van der Waals surface area contributed by atoms with Gasteiger partial charge in [0.2, 0.25) is 5.88 Å². The Bertz CT molecular complexity index is 1050. The van der Waals surface area contributed by atoms with Gasteiger partial charge in [0.25, 0.3) is 0 Å². The van der Waals surface area contributed by atoms with Crippen LogP contribution in [0.3, 0.4) is 0 Å². The van der Waals surface area contributed by atoms with Crippen LogP contribution in [0.15, 0.2) is 59.7 Å². The van der Waals surface area contributed by atoms with Crippen LogP contribution in [0.25, 0.3) is 0 Å². The number of aryl methyl sites for hydroxylation is 1. The number of carbonyl (C=O) groups excluding carboxylic acids is 1.